The topological polar surface area (TPSA) is 21.3 Å². The summed E-state index contributed by atoms with van der Waals surface area (Å²) in [5.74, 6) is 0.913. The van der Waals surface area contributed by atoms with Crippen LogP contribution in [-0.2, 0) is 4.74 Å². The third-order valence-electron chi connectivity index (χ3n) is 5.19. The quantitative estimate of drug-likeness (QED) is 0.766. The Labute approximate surface area is 105 Å². The molecule has 3 aliphatic rings. The molecule has 98 valence electrons. The molecule has 17 heavy (non-hydrogen) atoms. The molecule has 1 N–H and O–H groups in total. The number of hydrogen-bond donors (Lipinski definition) is 1. The van der Waals surface area contributed by atoms with Crippen molar-refractivity contribution >= 4 is 0 Å². The summed E-state index contributed by atoms with van der Waals surface area (Å²) in [5.41, 5.74) is 0.532. The van der Waals surface area contributed by atoms with Gasteiger partial charge in [-0.15, -0.1) is 0 Å². The highest BCUT2D eigenvalue weighted by Crippen LogP contribution is 2.55. The lowest BCUT2D eigenvalue weighted by atomic mass is 9.60. The van der Waals surface area contributed by atoms with E-state index in [9.17, 15) is 0 Å². The van der Waals surface area contributed by atoms with Crippen LogP contribution in [0.15, 0.2) is 0 Å². The van der Waals surface area contributed by atoms with E-state index < -0.39 is 0 Å². The molecule has 2 nitrogen and oxygen atoms in total. The fourth-order valence-electron chi connectivity index (χ4n) is 3.83. The van der Waals surface area contributed by atoms with E-state index in [0.717, 1.165) is 18.6 Å². The minimum absolute atomic E-state index is 0.532. The molecule has 3 aliphatic carbocycles. The van der Waals surface area contributed by atoms with E-state index in [1.807, 2.05) is 0 Å². The van der Waals surface area contributed by atoms with Gasteiger partial charge >= 0.3 is 0 Å². The van der Waals surface area contributed by atoms with Gasteiger partial charge in [-0.2, -0.15) is 0 Å². The highest BCUT2D eigenvalue weighted by atomic mass is 16.5. The smallest absolute Gasteiger partial charge is 0.0661 e. The molecule has 3 rings (SSSR count). The Kier molecular flexibility index (Phi) is 3.45. The third-order valence-corrected chi connectivity index (χ3v) is 5.19. The maximum atomic E-state index is 6.21. The Balaban J connectivity index is 1.54. The molecule has 0 amide bonds. The largest absolute Gasteiger partial charge is 0.377 e. The van der Waals surface area contributed by atoms with Crippen molar-refractivity contribution in [3.8, 4) is 0 Å². The van der Waals surface area contributed by atoms with Crippen molar-refractivity contribution in [2.24, 2.45) is 11.3 Å². The zero-order valence-electron chi connectivity index (χ0n) is 11.2. The van der Waals surface area contributed by atoms with Crippen molar-refractivity contribution in [3.05, 3.63) is 0 Å². The minimum atomic E-state index is 0.532. The number of hydrogen-bond acceptors (Lipinski definition) is 2. The van der Waals surface area contributed by atoms with Crippen LogP contribution in [0.4, 0.5) is 0 Å². The lowest BCUT2D eigenvalue weighted by Gasteiger charge is -2.54. The van der Waals surface area contributed by atoms with Crippen LogP contribution >= 0.6 is 0 Å². The van der Waals surface area contributed by atoms with E-state index in [4.69, 9.17) is 4.74 Å². The van der Waals surface area contributed by atoms with Gasteiger partial charge < -0.3 is 10.1 Å². The summed E-state index contributed by atoms with van der Waals surface area (Å²) in [6.07, 6.45) is 11.6. The van der Waals surface area contributed by atoms with Gasteiger partial charge in [-0.25, -0.2) is 0 Å². The Morgan fingerprint density at radius 3 is 2.65 bits per heavy atom. The Morgan fingerprint density at radius 2 is 2.00 bits per heavy atom. The van der Waals surface area contributed by atoms with Gasteiger partial charge in [0.15, 0.2) is 0 Å². The fraction of sp³-hybridized carbons (Fsp3) is 1.00. The number of nitrogens with one attached hydrogen (secondary N) is 1. The fourth-order valence-corrected chi connectivity index (χ4v) is 3.83. The number of ether oxygens (including phenoxy) is 1. The monoisotopic (exact) mass is 237 g/mol. The maximum Gasteiger partial charge on any atom is 0.0661 e. The SMILES string of the molecule is CCCNC1CC(OCC2CC2)C12CCCC2. The standard InChI is InChI=1S/C15H27NO/c1-2-9-16-13-10-14(17-11-12-5-6-12)15(13)7-3-4-8-15/h12-14,16H,2-11H2,1H3. The van der Waals surface area contributed by atoms with E-state index in [0.29, 0.717) is 11.5 Å². The first-order valence-electron chi connectivity index (χ1n) is 7.70. The summed E-state index contributed by atoms with van der Waals surface area (Å²) in [6.45, 7) is 4.49. The molecule has 3 saturated carbocycles. The van der Waals surface area contributed by atoms with Crippen LogP contribution in [0, 0.1) is 11.3 Å². The lowest BCUT2D eigenvalue weighted by Crippen LogP contribution is -2.62. The highest BCUT2D eigenvalue weighted by Gasteiger charge is 2.56. The van der Waals surface area contributed by atoms with E-state index in [2.05, 4.69) is 12.2 Å². The second kappa shape index (κ2) is 4.89. The molecule has 0 aromatic heterocycles. The highest BCUT2D eigenvalue weighted by molar-refractivity contribution is 5.10. The molecule has 0 bridgehead atoms. The molecule has 0 aromatic carbocycles. The van der Waals surface area contributed by atoms with Gasteiger partial charge in [-0.1, -0.05) is 19.8 Å². The predicted molar refractivity (Wildman–Crippen MR) is 70.1 cm³/mol. The van der Waals surface area contributed by atoms with Gasteiger partial charge in [-0.05, 0) is 51.0 Å². The van der Waals surface area contributed by atoms with E-state index in [-0.39, 0.29) is 0 Å². The summed E-state index contributed by atoms with van der Waals surface area (Å²) >= 11 is 0. The Hall–Kier alpha value is -0.0800. The zero-order valence-corrected chi connectivity index (χ0v) is 11.2. The molecule has 0 aromatic rings. The molecule has 0 aliphatic heterocycles. The van der Waals surface area contributed by atoms with Crippen molar-refractivity contribution in [1.82, 2.24) is 5.32 Å². The molecule has 0 heterocycles. The van der Waals surface area contributed by atoms with Gasteiger partial charge in [0.2, 0.25) is 0 Å². The zero-order chi connectivity index (χ0) is 11.7. The van der Waals surface area contributed by atoms with Crippen LogP contribution in [0.1, 0.15) is 58.3 Å². The average molecular weight is 237 g/mol. The van der Waals surface area contributed by atoms with Crippen molar-refractivity contribution < 1.29 is 4.74 Å². The van der Waals surface area contributed by atoms with Gasteiger partial charge in [0, 0.05) is 18.1 Å². The normalized spacial score (nSPS) is 35.1. The molecule has 0 saturated heterocycles. The summed E-state index contributed by atoms with van der Waals surface area (Å²) < 4.78 is 6.21. The molecular weight excluding hydrogens is 210 g/mol. The van der Waals surface area contributed by atoms with Crippen molar-refractivity contribution in [1.29, 1.82) is 0 Å². The van der Waals surface area contributed by atoms with Crippen LogP contribution in [0.3, 0.4) is 0 Å². The van der Waals surface area contributed by atoms with Crippen molar-refractivity contribution in [3.63, 3.8) is 0 Å². The van der Waals surface area contributed by atoms with E-state index in [1.165, 1.54) is 57.9 Å². The van der Waals surface area contributed by atoms with Crippen LogP contribution in [0.2, 0.25) is 0 Å². The van der Waals surface area contributed by atoms with E-state index in [1.54, 1.807) is 0 Å². The molecular formula is C15H27NO. The summed E-state index contributed by atoms with van der Waals surface area (Å²) in [6, 6.07) is 0.758. The number of rotatable bonds is 6. The lowest BCUT2D eigenvalue weighted by molar-refractivity contribution is -0.135. The molecule has 2 heteroatoms. The predicted octanol–water partition coefficient (Wildman–Crippen LogP) is 3.11. The Bertz CT molecular complexity index is 256. The first kappa shape index (κ1) is 12.0. The minimum Gasteiger partial charge on any atom is -0.377 e. The van der Waals surface area contributed by atoms with Gasteiger partial charge in [0.25, 0.3) is 0 Å². The van der Waals surface area contributed by atoms with Crippen LogP contribution < -0.4 is 5.32 Å². The summed E-state index contributed by atoms with van der Waals surface area (Å²) in [4.78, 5) is 0. The van der Waals surface area contributed by atoms with Crippen molar-refractivity contribution in [2.75, 3.05) is 13.2 Å². The van der Waals surface area contributed by atoms with Crippen LogP contribution in [0.5, 0.6) is 0 Å². The van der Waals surface area contributed by atoms with Crippen molar-refractivity contribution in [2.45, 2.75) is 70.4 Å². The van der Waals surface area contributed by atoms with Crippen LogP contribution in [-0.4, -0.2) is 25.3 Å². The Morgan fingerprint density at radius 1 is 1.24 bits per heavy atom. The molecule has 0 radical (unpaired) electrons. The van der Waals surface area contributed by atoms with Crippen LogP contribution in [0.25, 0.3) is 0 Å². The molecule has 3 fully saturated rings. The molecule has 2 unspecified atom stereocenters. The second-order valence-corrected chi connectivity index (χ2v) is 6.45. The first-order chi connectivity index (χ1) is 8.35. The second-order valence-electron chi connectivity index (χ2n) is 6.45. The van der Waals surface area contributed by atoms with Gasteiger partial charge in [0.05, 0.1) is 6.10 Å². The van der Waals surface area contributed by atoms with Gasteiger partial charge in [0.1, 0.15) is 0 Å². The van der Waals surface area contributed by atoms with Gasteiger partial charge in [-0.3, -0.25) is 0 Å². The summed E-state index contributed by atoms with van der Waals surface area (Å²) in [7, 11) is 0. The summed E-state index contributed by atoms with van der Waals surface area (Å²) in [5, 5.41) is 3.75. The molecule has 2 atom stereocenters. The average Bonchev–Trinajstić information content (AvgIpc) is 3.00. The molecule has 1 spiro atoms. The maximum absolute atomic E-state index is 6.21. The first-order valence-corrected chi connectivity index (χ1v) is 7.70. The van der Waals surface area contributed by atoms with E-state index >= 15 is 0 Å². The third kappa shape index (κ3) is 2.26.